The van der Waals surface area contributed by atoms with Crippen LogP contribution in [0.5, 0.6) is 23.0 Å². The minimum Gasteiger partial charge on any atom is -0.490 e. The number of aliphatic hydroxyl groups is 2. The van der Waals surface area contributed by atoms with Gasteiger partial charge in [-0.2, -0.15) is 0 Å². The average molecular weight is 745 g/mol. The van der Waals surface area contributed by atoms with Gasteiger partial charge in [-0.1, -0.05) is 49.7 Å². The molecule has 6 unspecified atom stereocenters. The monoisotopic (exact) mass is 744 g/mol. The lowest BCUT2D eigenvalue weighted by atomic mass is 9.55. The van der Waals surface area contributed by atoms with E-state index in [-0.39, 0.29) is 50.3 Å². The zero-order valence-corrected chi connectivity index (χ0v) is 31.8. The molecule has 4 aliphatic rings. The summed E-state index contributed by atoms with van der Waals surface area (Å²) in [7, 11) is 0. The van der Waals surface area contributed by atoms with Crippen molar-refractivity contribution in [2.45, 2.75) is 83.0 Å². The molecule has 11 heteroatoms. The number of unbranched alkanes of at least 4 members (excludes halogenated alkanes) is 2. The highest BCUT2D eigenvalue weighted by atomic mass is 16.7. The van der Waals surface area contributed by atoms with Crippen LogP contribution in [0.2, 0.25) is 0 Å². The van der Waals surface area contributed by atoms with Crippen molar-refractivity contribution in [3.05, 3.63) is 84.5 Å². The van der Waals surface area contributed by atoms with Crippen molar-refractivity contribution >= 4 is 11.6 Å². The van der Waals surface area contributed by atoms with E-state index in [0.717, 1.165) is 42.5 Å². The second kappa shape index (κ2) is 18.3. The normalized spacial score (nSPS) is 25.5. The van der Waals surface area contributed by atoms with Crippen LogP contribution < -0.4 is 18.9 Å². The Bertz CT molecular complexity index is 1690. The molecule has 2 heterocycles. The van der Waals surface area contributed by atoms with Gasteiger partial charge in [-0.3, -0.25) is 4.79 Å². The molecule has 2 N–H and O–H groups in total. The van der Waals surface area contributed by atoms with E-state index in [1.165, 1.54) is 0 Å². The lowest BCUT2D eigenvalue weighted by Gasteiger charge is -2.60. The van der Waals surface area contributed by atoms with E-state index >= 15 is 0 Å². The largest absolute Gasteiger partial charge is 0.490 e. The Morgan fingerprint density at radius 3 is 2.48 bits per heavy atom. The number of carbonyl (C=O) groups excluding carboxylic acids is 1. The van der Waals surface area contributed by atoms with E-state index in [2.05, 4.69) is 32.2 Å². The van der Waals surface area contributed by atoms with Gasteiger partial charge in [-0.25, -0.2) is 0 Å². The number of hydrogen-bond donors (Lipinski definition) is 2. The minimum atomic E-state index is -1.33. The Morgan fingerprint density at radius 1 is 0.981 bits per heavy atom. The van der Waals surface area contributed by atoms with Crippen molar-refractivity contribution < 1.29 is 43.5 Å². The van der Waals surface area contributed by atoms with Crippen LogP contribution in [0.1, 0.15) is 87.1 Å². The zero-order valence-electron chi connectivity index (χ0n) is 31.8. The summed E-state index contributed by atoms with van der Waals surface area (Å²) in [5.41, 5.74) is 3.24. The van der Waals surface area contributed by atoms with Crippen LogP contribution in [-0.4, -0.2) is 84.9 Å². The molecule has 0 aromatic heterocycles. The first kappa shape index (κ1) is 39.4. The standard InChI is InChI=1S/C43H56N2O9/c1-5-19-45(42(48)30-15-17-37-38(25-30)51-28-50-37)39-27-35(44-53-8-4)33-24-29(13-9-11-20-46)32(14-10-12-21-47)40-34-26-31(49-22-6-2)16-18-36(34)54-43(39,41(33)40)52-23-7-3/h6-7,15-18,24-26,29,32,39-41,46-47H,2-3,5,8-14,19-23,27-28H2,1,4H3. The maximum atomic E-state index is 14.9. The van der Waals surface area contributed by atoms with Crippen molar-refractivity contribution in [3.63, 3.8) is 0 Å². The topological polar surface area (TPSA) is 129 Å². The van der Waals surface area contributed by atoms with Gasteiger partial charge in [0.15, 0.2) is 11.5 Å². The molecule has 0 saturated heterocycles. The number of ether oxygens (including phenoxy) is 5. The first-order valence-corrected chi connectivity index (χ1v) is 19.6. The van der Waals surface area contributed by atoms with E-state index in [0.29, 0.717) is 74.0 Å². The second-order valence-corrected chi connectivity index (χ2v) is 14.4. The molecule has 1 saturated carbocycles. The third-order valence-electron chi connectivity index (χ3n) is 11.0. The lowest BCUT2D eigenvalue weighted by Crippen LogP contribution is -2.70. The van der Waals surface area contributed by atoms with Crippen LogP contribution in [-0.2, 0) is 9.57 Å². The van der Waals surface area contributed by atoms with E-state index in [1.807, 2.05) is 24.0 Å². The smallest absolute Gasteiger partial charge is 0.254 e. The number of hydrogen-bond acceptors (Lipinski definition) is 10. The number of nitrogens with zero attached hydrogens (tertiary/aromatic N) is 2. The van der Waals surface area contributed by atoms with Crippen LogP contribution in [0.3, 0.4) is 0 Å². The molecule has 2 aliphatic heterocycles. The Morgan fingerprint density at radius 2 is 1.74 bits per heavy atom. The Kier molecular flexibility index (Phi) is 13.4. The van der Waals surface area contributed by atoms with Crippen molar-refractivity contribution in [1.29, 1.82) is 0 Å². The predicted molar refractivity (Wildman–Crippen MR) is 206 cm³/mol. The highest BCUT2D eigenvalue weighted by molar-refractivity contribution is 6.03. The molecule has 292 valence electrons. The number of amides is 1. The molecule has 2 aliphatic carbocycles. The fraction of sp³-hybridized carbons (Fsp3) is 0.535. The van der Waals surface area contributed by atoms with Gasteiger partial charge < -0.3 is 43.6 Å². The van der Waals surface area contributed by atoms with Gasteiger partial charge in [-0.15, -0.1) is 6.58 Å². The Labute approximate surface area is 319 Å². The van der Waals surface area contributed by atoms with Gasteiger partial charge in [0, 0.05) is 43.2 Å². The summed E-state index contributed by atoms with van der Waals surface area (Å²) < 4.78 is 31.7. The summed E-state index contributed by atoms with van der Waals surface area (Å²) in [5.74, 6) is 0.729. The lowest BCUT2D eigenvalue weighted by molar-refractivity contribution is -0.254. The molecule has 1 amide bonds. The van der Waals surface area contributed by atoms with Gasteiger partial charge in [-0.05, 0) is 92.8 Å². The third-order valence-corrected chi connectivity index (χ3v) is 11.0. The molecule has 0 bridgehead atoms. The summed E-state index contributed by atoms with van der Waals surface area (Å²) in [6.45, 7) is 13.5. The molecule has 2 aromatic carbocycles. The summed E-state index contributed by atoms with van der Waals surface area (Å²) in [4.78, 5) is 22.6. The number of aliphatic hydroxyl groups excluding tert-OH is 2. The number of rotatable bonds is 20. The van der Waals surface area contributed by atoms with Crippen LogP contribution in [0.15, 0.2) is 78.5 Å². The van der Waals surface area contributed by atoms with Gasteiger partial charge in [0.25, 0.3) is 5.91 Å². The van der Waals surface area contributed by atoms with Crippen molar-refractivity contribution in [2.24, 2.45) is 22.9 Å². The second-order valence-electron chi connectivity index (χ2n) is 14.4. The van der Waals surface area contributed by atoms with E-state index in [4.69, 9.17) is 33.7 Å². The third kappa shape index (κ3) is 7.90. The Balaban J connectivity index is 1.58. The van der Waals surface area contributed by atoms with Crippen LogP contribution in [0, 0.1) is 17.8 Å². The molecule has 6 rings (SSSR count). The Hall–Kier alpha value is -4.32. The molecule has 11 nitrogen and oxygen atoms in total. The molecular formula is C43H56N2O9. The van der Waals surface area contributed by atoms with E-state index in [9.17, 15) is 15.0 Å². The number of oxime groups is 1. The summed E-state index contributed by atoms with van der Waals surface area (Å²) >= 11 is 0. The summed E-state index contributed by atoms with van der Waals surface area (Å²) in [5, 5.41) is 24.4. The molecule has 0 radical (unpaired) electrons. The van der Waals surface area contributed by atoms with Gasteiger partial charge in [0.05, 0.1) is 18.2 Å². The maximum Gasteiger partial charge on any atom is 0.254 e. The molecule has 1 fully saturated rings. The fourth-order valence-corrected chi connectivity index (χ4v) is 8.87. The quantitative estimate of drug-likeness (QED) is 0.0823. The van der Waals surface area contributed by atoms with Crippen LogP contribution in [0.25, 0.3) is 0 Å². The predicted octanol–water partition coefficient (Wildman–Crippen LogP) is 7.19. The summed E-state index contributed by atoms with van der Waals surface area (Å²) in [6, 6.07) is 10.6. The number of fused-ring (bicyclic) bond motifs is 3. The fourth-order valence-electron chi connectivity index (χ4n) is 8.87. The van der Waals surface area contributed by atoms with Crippen molar-refractivity contribution in [2.75, 3.05) is 46.4 Å². The molecule has 54 heavy (non-hydrogen) atoms. The van der Waals surface area contributed by atoms with Crippen molar-refractivity contribution in [3.8, 4) is 23.0 Å². The van der Waals surface area contributed by atoms with Crippen LogP contribution in [0.4, 0.5) is 0 Å². The minimum absolute atomic E-state index is 0.107. The zero-order chi connectivity index (χ0) is 38.1. The highest BCUT2D eigenvalue weighted by Gasteiger charge is 2.65. The number of carbonyl (C=O) groups is 1. The SMILES string of the molecule is C=CCOc1ccc2c(c1)C1C(CCCCO)C(CCCCO)C=C3C(=NOCC)CC(N(CCC)C(=O)c4ccc5c(c4)OCO5)C(OCC=C)(O2)C31. The van der Waals surface area contributed by atoms with Gasteiger partial charge >= 0.3 is 0 Å². The number of benzene rings is 2. The van der Waals surface area contributed by atoms with Crippen LogP contribution >= 0.6 is 0 Å². The first-order chi connectivity index (χ1) is 26.4. The maximum absolute atomic E-state index is 14.9. The van der Waals surface area contributed by atoms with E-state index < -0.39 is 17.7 Å². The first-order valence-electron chi connectivity index (χ1n) is 19.6. The molecular weight excluding hydrogens is 688 g/mol. The van der Waals surface area contributed by atoms with E-state index in [1.54, 1.807) is 30.4 Å². The summed E-state index contributed by atoms with van der Waals surface area (Å²) in [6.07, 6.45) is 11.6. The molecule has 2 aromatic rings. The van der Waals surface area contributed by atoms with Gasteiger partial charge in [0.2, 0.25) is 12.6 Å². The molecule has 0 spiro atoms. The van der Waals surface area contributed by atoms with Crippen molar-refractivity contribution in [1.82, 2.24) is 4.90 Å². The van der Waals surface area contributed by atoms with Gasteiger partial charge in [0.1, 0.15) is 30.8 Å². The number of allylic oxidation sites excluding steroid dienone is 1. The average Bonchev–Trinajstić information content (AvgIpc) is 3.67. The molecule has 6 atom stereocenters. The highest BCUT2D eigenvalue weighted by Crippen LogP contribution is 2.62.